The van der Waals surface area contributed by atoms with Crippen LogP contribution in [-0.4, -0.2) is 43.6 Å². The molecule has 2 unspecified atom stereocenters. The van der Waals surface area contributed by atoms with Crippen LogP contribution in [0.3, 0.4) is 0 Å². The summed E-state index contributed by atoms with van der Waals surface area (Å²) in [7, 11) is 0. The maximum absolute atomic E-state index is 12.4. The van der Waals surface area contributed by atoms with Crippen LogP contribution in [0.4, 0.5) is 0 Å². The van der Waals surface area contributed by atoms with Crippen molar-refractivity contribution in [3.63, 3.8) is 0 Å². The molecule has 0 aromatic heterocycles. The Bertz CT molecular complexity index is 426. The van der Waals surface area contributed by atoms with Gasteiger partial charge in [-0.3, -0.25) is 4.79 Å². The van der Waals surface area contributed by atoms with Crippen LogP contribution in [0.1, 0.15) is 12.8 Å². The summed E-state index contributed by atoms with van der Waals surface area (Å²) in [5.74, 6) is 1.31. The first kappa shape index (κ1) is 11.5. The molecule has 0 saturated carbocycles. The second kappa shape index (κ2) is 4.62. The third kappa shape index (κ3) is 1.97. The standard InChI is InChI=1S/C13H17N3O2/c14-4-11-1-2-18-12(11)13(17)16-7-9-3-10(8-16)6-15-5-9/h9-10,15H,1-3,5-8H2. The van der Waals surface area contributed by atoms with E-state index in [1.807, 2.05) is 4.90 Å². The van der Waals surface area contributed by atoms with E-state index in [-0.39, 0.29) is 5.91 Å². The van der Waals surface area contributed by atoms with Gasteiger partial charge in [0.25, 0.3) is 5.91 Å². The molecule has 3 rings (SSSR count). The zero-order valence-electron chi connectivity index (χ0n) is 10.3. The maximum atomic E-state index is 12.4. The van der Waals surface area contributed by atoms with E-state index in [1.54, 1.807) is 0 Å². The highest BCUT2D eigenvalue weighted by Crippen LogP contribution is 2.27. The van der Waals surface area contributed by atoms with Crippen molar-refractivity contribution < 1.29 is 9.53 Å². The third-order valence-electron chi connectivity index (χ3n) is 3.98. The quantitative estimate of drug-likeness (QED) is 0.721. The topological polar surface area (TPSA) is 65.4 Å². The lowest BCUT2D eigenvalue weighted by Crippen LogP contribution is -2.53. The molecule has 1 N–H and O–H groups in total. The van der Waals surface area contributed by atoms with Gasteiger partial charge in [-0.1, -0.05) is 0 Å². The summed E-state index contributed by atoms with van der Waals surface area (Å²) in [6.45, 7) is 4.02. The fraction of sp³-hybridized carbons (Fsp3) is 0.692. The summed E-state index contributed by atoms with van der Waals surface area (Å²) < 4.78 is 5.34. The van der Waals surface area contributed by atoms with Crippen LogP contribution in [0, 0.1) is 23.2 Å². The molecule has 0 aromatic carbocycles. The summed E-state index contributed by atoms with van der Waals surface area (Å²) in [6.07, 6.45) is 1.78. The maximum Gasteiger partial charge on any atom is 0.289 e. The van der Waals surface area contributed by atoms with E-state index < -0.39 is 0 Å². The number of hydrogen-bond donors (Lipinski definition) is 1. The molecule has 3 heterocycles. The first-order valence-corrected chi connectivity index (χ1v) is 6.54. The van der Waals surface area contributed by atoms with Gasteiger partial charge in [-0.05, 0) is 31.3 Å². The summed E-state index contributed by atoms with van der Waals surface area (Å²) in [4.78, 5) is 14.2. The zero-order valence-corrected chi connectivity index (χ0v) is 10.3. The molecule has 3 aliphatic rings. The van der Waals surface area contributed by atoms with Crippen LogP contribution >= 0.6 is 0 Å². The number of carbonyl (C=O) groups is 1. The molecular weight excluding hydrogens is 230 g/mol. The van der Waals surface area contributed by atoms with Gasteiger partial charge in [0.1, 0.15) is 0 Å². The van der Waals surface area contributed by atoms with Gasteiger partial charge in [-0.25, -0.2) is 0 Å². The van der Waals surface area contributed by atoms with Gasteiger partial charge < -0.3 is 15.0 Å². The number of rotatable bonds is 1. The third-order valence-corrected chi connectivity index (χ3v) is 3.98. The van der Waals surface area contributed by atoms with Crippen LogP contribution in [0.25, 0.3) is 0 Å². The fourth-order valence-corrected chi connectivity index (χ4v) is 3.17. The Hall–Kier alpha value is -1.54. The summed E-state index contributed by atoms with van der Waals surface area (Å²) in [6, 6.07) is 2.08. The van der Waals surface area contributed by atoms with Gasteiger partial charge in [-0.2, -0.15) is 5.26 Å². The Morgan fingerprint density at radius 2 is 2.11 bits per heavy atom. The minimum Gasteiger partial charge on any atom is -0.487 e. The van der Waals surface area contributed by atoms with Crippen LogP contribution in [0.15, 0.2) is 11.3 Å². The monoisotopic (exact) mass is 247 g/mol. The van der Waals surface area contributed by atoms with Crippen molar-refractivity contribution in [2.75, 3.05) is 32.8 Å². The second-order valence-corrected chi connectivity index (χ2v) is 5.35. The van der Waals surface area contributed by atoms with Gasteiger partial charge >= 0.3 is 0 Å². The van der Waals surface area contributed by atoms with Crippen molar-refractivity contribution >= 4 is 5.91 Å². The van der Waals surface area contributed by atoms with Crippen molar-refractivity contribution in [2.24, 2.45) is 11.8 Å². The smallest absolute Gasteiger partial charge is 0.289 e. The Labute approximate surface area is 106 Å². The lowest BCUT2D eigenvalue weighted by molar-refractivity contribution is -0.133. The molecule has 2 atom stereocenters. The van der Waals surface area contributed by atoms with Gasteiger partial charge in [0.2, 0.25) is 0 Å². The van der Waals surface area contributed by atoms with Crippen LogP contribution in [-0.2, 0) is 9.53 Å². The molecule has 2 bridgehead atoms. The first-order valence-electron chi connectivity index (χ1n) is 6.54. The van der Waals surface area contributed by atoms with E-state index in [1.165, 1.54) is 6.42 Å². The fourth-order valence-electron chi connectivity index (χ4n) is 3.17. The van der Waals surface area contributed by atoms with Crippen LogP contribution in [0.2, 0.25) is 0 Å². The number of nitrogens with one attached hydrogen (secondary N) is 1. The van der Waals surface area contributed by atoms with Gasteiger partial charge in [0.05, 0.1) is 18.2 Å². The lowest BCUT2D eigenvalue weighted by atomic mass is 9.86. The highest BCUT2D eigenvalue weighted by molar-refractivity contribution is 5.93. The molecule has 1 amide bonds. The SMILES string of the molecule is N#CC1=C(C(=O)N2CC3CNCC(C3)C2)OCC1. The number of nitrogens with zero attached hydrogens (tertiary/aromatic N) is 2. The van der Waals surface area contributed by atoms with Crippen molar-refractivity contribution in [3.05, 3.63) is 11.3 Å². The average molecular weight is 247 g/mol. The lowest BCUT2D eigenvalue weighted by Gasteiger charge is -2.41. The van der Waals surface area contributed by atoms with E-state index in [0.29, 0.717) is 36.2 Å². The number of likely N-dealkylation sites (tertiary alicyclic amines) is 1. The Kier molecular flexibility index (Phi) is 2.96. The Morgan fingerprint density at radius 3 is 2.78 bits per heavy atom. The highest BCUT2D eigenvalue weighted by Gasteiger charge is 2.35. The number of carbonyl (C=O) groups excluding carboxylic acids is 1. The van der Waals surface area contributed by atoms with Crippen LogP contribution in [0.5, 0.6) is 0 Å². The molecule has 3 aliphatic heterocycles. The van der Waals surface area contributed by atoms with E-state index in [4.69, 9.17) is 10.00 Å². The van der Waals surface area contributed by atoms with E-state index in [2.05, 4.69) is 11.4 Å². The first-order chi connectivity index (χ1) is 8.78. The predicted molar refractivity (Wildman–Crippen MR) is 64.3 cm³/mol. The number of ether oxygens (including phenoxy) is 1. The van der Waals surface area contributed by atoms with Crippen molar-refractivity contribution in [2.45, 2.75) is 12.8 Å². The van der Waals surface area contributed by atoms with Crippen molar-refractivity contribution in [3.8, 4) is 6.07 Å². The van der Waals surface area contributed by atoms with E-state index in [9.17, 15) is 4.79 Å². The second-order valence-electron chi connectivity index (χ2n) is 5.35. The molecule has 2 saturated heterocycles. The summed E-state index contributed by atoms with van der Waals surface area (Å²) >= 11 is 0. The average Bonchev–Trinajstić information content (AvgIpc) is 2.85. The molecule has 5 heteroatoms. The van der Waals surface area contributed by atoms with Crippen molar-refractivity contribution in [1.82, 2.24) is 10.2 Å². The number of fused-ring (bicyclic) bond motifs is 2. The Morgan fingerprint density at radius 1 is 1.39 bits per heavy atom. The summed E-state index contributed by atoms with van der Waals surface area (Å²) in [5.41, 5.74) is 0.508. The van der Waals surface area contributed by atoms with Crippen LogP contribution < -0.4 is 5.32 Å². The van der Waals surface area contributed by atoms with E-state index in [0.717, 1.165) is 26.2 Å². The van der Waals surface area contributed by atoms with Crippen molar-refractivity contribution in [1.29, 1.82) is 5.26 Å². The Balaban J connectivity index is 1.75. The minimum absolute atomic E-state index is 0.0827. The molecule has 0 aliphatic carbocycles. The van der Waals surface area contributed by atoms with Gasteiger partial charge in [0.15, 0.2) is 5.76 Å². The number of nitriles is 1. The van der Waals surface area contributed by atoms with Gasteiger partial charge in [0, 0.05) is 19.5 Å². The highest BCUT2D eigenvalue weighted by atomic mass is 16.5. The zero-order chi connectivity index (χ0) is 12.5. The van der Waals surface area contributed by atoms with E-state index >= 15 is 0 Å². The molecule has 2 fully saturated rings. The largest absolute Gasteiger partial charge is 0.487 e. The minimum atomic E-state index is -0.0827. The molecule has 0 radical (unpaired) electrons. The molecule has 18 heavy (non-hydrogen) atoms. The van der Waals surface area contributed by atoms with Gasteiger partial charge in [-0.15, -0.1) is 0 Å². The number of amides is 1. The number of piperidine rings is 2. The molecule has 0 aromatic rings. The normalized spacial score (nSPS) is 30.9. The molecular formula is C13H17N3O2. The summed E-state index contributed by atoms with van der Waals surface area (Å²) in [5, 5.41) is 12.4. The molecule has 0 spiro atoms. The predicted octanol–water partition coefficient (Wildman–Crippen LogP) is 0.252. The molecule has 96 valence electrons. The molecule has 5 nitrogen and oxygen atoms in total. The number of hydrogen-bond acceptors (Lipinski definition) is 4.